The van der Waals surface area contributed by atoms with Gasteiger partial charge in [-0.25, -0.2) is 23.0 Å². The number of nitrogens with one attached hydrogen (secondary N) is 1. The van der Waals surface area contributed by atoms with Gasteiger partial charge in [0.05, 0.1) is 0 Å². The van der Waals surface area contributed by atoms with Crippen LogP contribution in [-0.4, -0.2) is 50.1 Å². The van der Waals surface area contributed by atoms with E-state index >= 15 is 4.39 Å². The van der Waals surface area contributed by atoms with Gasteiger partial charge in [-0.15, -0.1) is 0 Å². The van der Waals surface area contributed by atoms with Crippen molar-refractivity contribution in [3.05, 3.63) is 51.7 Å². The second-order valence-electron chi connectivity index (χ2n) is 6.93. The molecule has 0 bridgehead atoms. The standard InChI is InChI=1S/C18H16FN3O9S/c1-9-13(31-18(26)30-9)8-29-17(25)21-5-4-10(6-21)11-2-3-12(23)16(15(11)19)22-7-14(24)20-32(22,27)28/h2-4,23H,5-8H2,1H3,(H,20,24). The summed E-state index contributed by atoms with van der Waals surface area (Å²) in [6.45, 7) is 0.446. The number of anilines is 1. The Morgan fingerprint density at radius 2 is 2.03 bits per heavy atom. The number of hydrogen-bond donors (Lipinski definition) is 2. The first-order valence-electron chi connectivity index (χ1n) is 9.12. The van der Waals surface area contributed by atoms with Gasteiger partial charge in [-0.2, -0.15) is 8.42 Å². The van der Waals surface area contributed by atoms with Crippen molar-refractivity contribution in [2.24, 2.45) is 0 Å². The third kappa shape index (κ3) is 3.79. The molecule has 1 aromatic carbocycles. The number of ether oxygens (including phenoxy) is 1. The number of hydrogen-bond acceptors (Lipinski definition) is 9. The Hall–Kier alpha value is -3.81. The third-order valence-corrected chi connectivity index (χ3v) is 6.23. The van der Waals surface area contributed by atoms with E-state index in [2.05, 4.69) is 4.42 Å². The Balaban J connectivity index is 1.50. The van der Waals surface area contributed by atoms with Gasteiger partial charge in [0.1, 0.15) is 18.0 Å². The molecule has 2 aliphatic heterocycles. The highest BCUT2D eigenvalue weighted by Gasteiger charge is 2.38. The lowest BCUT2D eigenvalue weighted by Crippen LogP contribution is -2.30. The molecule has 0 saturated carbocycles. The number of carbonyl (C=O) groups is 2. The SMILES string of the molecule is Cc1oc(=O)oc1COC(=O)N1CC=C(c2ccc(O)c(N3CC(=O)NS3(=O)=O)c2F)C1. The van der Waals surface area contributed by atoms with Crippen LogP contribution in [0.5, 0.6) is 5.75 Å². The van der Waals surface area contributed by atoms with Crippen molar-refractivity contribution in [3.63, 3.8) is 0 Å². The van der Waals surface area contributed by atoms with Crippen LogP contribution in [0.15, 0.2) is 31.8 Å². The molecular formula is C18H16FN3O9S. The Bertz CT molecular complexity index is 1310. The summed E-state index contributed by atoms with van der Waals surface area (Å²) >= 11 is 0. The monoisotopic (exact) mass is 469 g/mol. The lowest BCUT2D eigenvalue weighted by Gasteiger charge is -2.20. The van der Waals surface area contributed by atoms with E-state index in [1.807, 2.05) is 0 Å². The molecule has 2 aromatic rings. The van der Waals surface area contributed by atoms with Crippen LogP contribution in [0.3, 0.4) is 0 Å². The van der Waals surface area contributed by atoms with E-state index in [1.54, 1.807) is 4.72 Å². The van der Waals surface area contributed by atoms with Crippen molar-refractivity contribution >= 4 is 33.5 Å². The number of aryl methyl sites for hydroxylation is 1. The van der Waals surface area contributed by atoms with Crippen molar-refractivity contribution < 1.29 is 41.1 Å². The molecule has 2 amide bonds. The summed E-state index contributed by atoms with van der Waals surface area (Å²) < 4.78 is 56.0. The van der Waals surface area contributed by atoms with E-state index in [9.17, 15) is 27.9 Å². The van der Waals surface area contributed by atoms with E-state index in [4.69, 9.17) is 9.15 Å². The van der Waals surface area contributed by atoms with Crippen LogP contribution < -0.4 is 14.8 Å². The van der Waals surface area contributed by atoms with Gasteiger partial charge in [0, 0.05) is 18.7 Å². The molecule has 0 unspecified atom stereocenters. The third-order valence-electron chi connectivity index (χ3n) is 4.85. The average molecular weight is 469 g/mol. The number of rotatable bonds is 4. The second-order valence-corrected chi connectivity index (χ2v) is 8.52. The van der Waals surface area contributed by atoms with E-state index in [-0.39, 0.29) is 36.8 Å². The highest BCUT2D eigenvalue weighted by molar-refractivity contribution is 7.92. The smallest absolute Gasteiger partial charge is 0.506 e. The number of amides is 2. The highest BCUT2D eigenvalue weighted by atomic mass is 32.2. The van der Waals surface area contributed by atoms with Crippen LogP contribution in [0.25, 0.3) is 5.57 Å². The molecule has 12 nitrogen and oxygen atoms in total. The maximum atomic E-state index is 15.2. The number of phenols is 1. The molecule has 170 valence electrons. The van der Waals surface area contributed by atoms with Crippen LogP contribution in [0.1, 0.15) is 17.1 Å². The van der Waals surface area contributed by atoms with Gasteiger partial charge in [-0.3, -0.25) is 4.79 Å². The molecule has 2 aliphatic rings. The molecule has 1 saturated heterocycles. The summed E-state index contributed by atoms with van der Waals surface area (Å²) in [6.07, 6.45) is 0.766. The largest absolute Gasteiger partial charge is 0.519 e. The summed E-state index contributed by atoms with van der Waals surface area (Å²) in [5, 5.41) is 10.1. The zero-order chi connectivity index (χ0) is 23.2. The molecule has 14 heteroatoms. The van der Waals surface area contributed by atoms with Gasteiger partial charge in [-0.05, 0) is 24.6 Å². The van der Waals surface area contributed by atoms with E-state index in [0.29, 0.717) is 9.88 Å². The van der Waals surface area contributed by atoms with Crippen molar-refractivity contribution in [1.29, 1.82) is 0 Å². The minimum Gasteiger partial charge on any atom is -0.506 e. The average Bonchev–Trinajstić information content (AvgIpc) is 3.37. The number of benzene rings is 1. The van der Waals surface area contributed by atoms with Crippen molar-refractivity contribution in [2.75, 3.05) is 23.9 Å². The van der Waals surface area contributed by atoms with Gasteiger partial charge >= 0.3 is 22.1 Å². The lowest BCUT2D eigenvalue weighted by molar-refractivity contribution is -0.117. The van der Waals surface area contributed by atoms with Crippen molar-refractivity contribution in [3.8, 4) is 5.75 Å². The number of nitrogens with zero attached hydrogens (tertiary/aromatic N) is 2. The number of carbonyl (C=O) groups excluding carboxylic acids is 2. The molecule has 0 aliphatic carbocycles. The topological polar surface area (TPSA) is 160 Å². The fourth-order valence-corrected chi connectivity index (χ4v) is 4.46. The molecular weight excluding hydrogens is 453 g/mol. The number of halogens is 1. The van der Waals surface area contributed by atoms with E-state index in [0.717, 1.165) is 6.07 Å². The fraction of sp³-hybridized carbons (Fsp3) is 0.278. The van der Waals surface area contributed by atoms with Crippen LogP contribution in [0.2, 0.25) is 0 Å². The first-order valence-corrected chi connectivity index (χ1v) is 10.6. The molecule has 2 N–H and O–H groups in total. The summed E-state index contributed by atoms with van der Waals surface area (Å²) in [5.74, 6) is -3.30. The highest BCUT2D eigenvalue weighted by Crippen LogP contribution is 2.38. The van der Waals surface area contributed by atoms with Crippen LogP contribution >= 0.6 is 0 Å². The molecule has 3 heterocycles. The predicted octanol–water partition coefficient (Wildman–Crippen LogP) is 0.603. The molecule has 32 heavy (non-hydrogen) atoms. The zero-order valence-corrected chi connectivity index (χ0v) is 17.3. The summed E-state index contributed by atoms with van der Waals surface area (Å²) in [5.41, 5.74) is -0.393. The molecule has 0 atom stereocenters. The van der Waals surface area contributed by atoms with Gasteiger partial charge in [0.25, 0.3) is 5.91 Å². The Morgan fingerprint density at radius 3 is 2.66 bits per heavy atom. The normalized spacial score (nSPS) is 17.4. The van der Waals surface area contributed by atoms with Gasteiger partial charge in [0.15, 0.2) is 23.9 Å². The maximum absolute atomic E-state index is 15.2. The van der Waals surface area contributed by atoms with Gasteiger partial charge in [0.2, 0.25) is 0 Å². The van der Waals surface area contributed by atoms with Gasteiger partial charge < -0.3 is 23.6 Å². The maximum Gasteiger partial charge on any atom is 0.519 e. The van der Waals surface area contributed by atoms with Crippen LogP contribution in [-0.2, 0) is 26.3 Å². The quantitative estimate of drug-likeness (QED) is 0.654. The second kappa shape index (κ2) is 7.71. The van der Waals surface area contributed by atoms with E-state index < -0.39 is 51.8 Å². The van der Waals surface area contributed by atoms with Crippen LogP contribution in [0, 0.1) is 12.7 Å². The number of phenolic OH excluding ortho intramolecular Hbond substituents is 1. The van der Waals surface area contributed by atoms with E-state index in [1.165, 1.54) is 24.0 Å². The van der Waals surface area contributed by atoms with Gasteiger partial charge in [-0.1, -0.05) is 6.08 Å². The Morgan fingerprint density at radius 1 is 1.28 bits per heavy atom. The van der Waals surface area contributed by atoms with Crippen molar-refractivity contribution in [1.82, 2.24) is 9.62 Å². The first-order chi connectivity index (χ1) is 15.1. The fourth-order valence-electron chi connectivity index (χ4n) is 3.30. The predicted molar refractivity (Wildman–Crippen MR) is 104 cm³/mol. The summed E-state index contributed by atoms with van der Waals surface area (Å²) in [7, 11) is -4.34. The molecule has 1 aromatic heterocycles. The zero-order valence-electron chi connectivity index (χ0n) is 16.5. The minimum absolute atomic E-state index is 0.0555. The summed E-state index contributed by atoms with van der Waals surface area (Å²) in [4.78, 5) is 36.0. The molecule has 0 spiro atoms. The minimum atomic E-state index is -4.34. The molecule has 1 fully saturated rings. The number of aromatic hydroxyl groups is 1. The molecule has 0 radical (unpaired) electrons. The summed E-state index contributed by atoms with van der Waals surface area (Å²) in [6, 6.07) is 2.33. The first kappa shape index (κ1) is 21.4. The van der Waals surface area contributed by atoms with Crippen molar-refractivity contribution in [2.45, 2.75) is 13.5 Å². The van der Waals surface area contributed by atoms with Crippen LogP contribution in [0.4, 0.5) is 14.9 Å². The Kier molecular flexibility index (Phi) is 5.16. The molecule has 4 rings (SSSR count). The lowest BCUT2D eigenvalue weighted by atomic mass is 10.0. The Labute approximate surface area is 179 Å².